The molecule has 3 aromatic rings. The van der Waals surface area contributed by atoms with Crippen LogP contribution in [0, 0.1) is 17.2 Å². The van der Waals surface area contributed by atoms with Gasteiger partial charge in [-0.1, -0.05) is 43.1 Å². The first kappa shape index (κ1) is 22.3. The second-order valence-electron chi connectivity index (χ2n) is 7.89. The van der Waals surface area contributed by atoms with Crippen molar-refractivity contribution in [2.45, 2.75) is 43.8 Å². The highest BCUT2D eigenvalue weighted by molar-refractivity contribution is 7.99. The molecule has 0 aliphatic heterocycles. The van der Waals surface area contributed by atoms with Crippen molar-refractivity contribution in [1.82, 2.24) is 19.7 Å². The van der Waals surface area contributed by atoms with Gasteiger partial charge in [0.15, 0.2) is 11.0 Å². The second kappa shape index (κ2) is 10.2. The Bertz CT molecular complexity index is 1140. The first-order chi connectivity index (χ1) is 15.6. The Morgan fingerprint density at radius 3 is 2.91 bits per heavy atom. The van der Waals surface area contributed by atoms with Crippen LogP contribution in [0.15, 0.2) is 47.9 Å². The number of nitrogens with zero attached hydrogens (tertiary/aromatic N) is 5. The van der Waals surface area contributed by atoms with Gasteiger partial charge in [-0.3, -0.25) is 14.3 Å². The summed E-state index contributed by atoms with van der Waals surface area (Å²) >= 11 is 7.36. The lowest BCUT2D eigenvalue weighted by Crippen LogP contribution is -2.23. The van der Waals surface area contributed by atoms with Gasteiger partial charge in [-0.2, -0.15) is 5.26 Å². The number of nitriles is 1. The molecule has 2 atom stereocenters. The molecule has 4 rings (SSSR count). The minimum absolute atomic E-state index is 0.143. The zero-order chi connectivity index (χ0) is 22.5. The van der Waals surface area contributed by atoms with E-state index in [1.54, 1.807) is 30.6 Å². The van der Waals surface area contributed by atoms with E-state index in [4.69, 9.17) is 11.6 Å². The van der Waals surface area contributed by atoms with Gasteiger partial charge in [0, 0.05) is 29.0 Å². The number of nitrogens with one attached hydrogen (secondary N) is 1. The van der Waals surface area contributed by atoms with Crippen LogP contribution in [-0.4, -0.2) is 31.4 Å². The van der Waals surface area contributed by atoms with Gasteiger partial charge < -0.3 is 5.32 Å². The molecule has 1 aromatic carbocycles. The molecule has 0 spiro atoms. The molecular weight excluding hydrogens is 444 g/mol. The largest absolute Gasteiger partial charge is 0.324 e. The number of thioether (sulfide) groups is 1. The van der Waals surface area contributed by atoms with E-state index in [1.165, 1.54) is 18.2 Å². The maximum atomic E-state index is 12.6. The highest BCUT2D eigenvalue weighted by Crippen LogP contribution is 2.38. The number of halogens is 1. The summed E-state index contributed by atoms with van der Waals surface area (Å²) in [5.41, 5.74) is 1.68. The van der Waals surface area contributed by atoms with Crippen LogP contribution in [0.3, 0.4) is 0 Å². The maximum Gasteiger partial charge on any atom is 0.234 e. The Balaban J connectivity index is 1.56. The SMILES string of the molecule is CC1CCCCC1n1c(SCC(=O)Nc2cc(Cl)ccc2C#N)nnc1-c1cccnc1. The van der Waals surface area contributed by atoms with E-state index in [9.17, 15) is 10.1 Å². The molecule has 1 N–H and O–H groups in total. The standard InChI is InChI=1S/C23H23ClN6OS/c1-15-5-2-3-7-20(15)30-22(17-6-4-10-26-13-17)28-29-23(30)32-14-21(31)27-19-11-18(24)9-8-16(19)12-25/h4,6,8-11,13,15,20H,2-3,5,7,14H2,1H3,(H,27,31). The van der Waals surface area contributed by atoms with Crippen LogP contribution >= 0.6 is 23.4 Å². The molecule has 32 heavy (non-hydrogen) atoms. The molecule has 7 nitrogen and oxygen atoms in total. The van der Waals surface area contributed by atoms with Crippen LogP contribution in [-0.2, 0) is 4.79 Å². The van der Waals surface area contributed by atoms with E-state index in [1.807, 2.05) is 12.1 Å². The van der Waals surface area contributed by atoms with E-state index in [0.717, 1.165) is 30.7 Å². The molecule has 0 saturated heterocycles. The summed E-state index contributed by atoms with van der Waals surface area (Å²) in [4.78, 5) is 16.9. The normalized spacial score (nSPS) is 18.2. The molecule has 164 valence electrons. The Morgan fingerprint density at radius 2 is 2.16 bits per heavy atom. The Kier molecular flexibility index (Phi) is 7.08. The van der Waals surface area contributed by atoms with Gasteiger partial charge in [-0.25, -0.2) is 0 Å². The zero-order valence-electron chi connectivity index (χ0n) is 17.7. The van der Waals surface area contributed by atoms with Crippen molar-refractivity contribution in [2.24, 2.45) is 5.92 Å². The monoisotopic (exact) mass is 466 g/mol. The molecule has 0 radical (unpaired) electrons. The van der Waals surface area contributed by atoms with E-state index in [0.29, 0.717) is 27.3 Å². The van der Waals surface area contributed by atoms with E-state index < -0.39 is 0 Å². The zero-order valence-corrected chi connectivity index (χ0v) is 19.2. The number of rotatable bonds is 6. The van der Waals surface area contributed by atoms with E-state index in [2.05, 4.69) is 38.1 Å². The summed E-state index contributed by atoms with van der Waals surface area (Å²) in [5.74, 6) is 1.18. The second-order valence-corrected chi connectivity index (χ2v) is 9.26. The summed E-state index contributed by atoms with van der Waals surface area (Å²) < 4.78 is 2.18. The third-order valence-electron chi connectivity index (χ3n) is 5.69. The number of hydrogen-bond donors (Lipinski definition) is 1. The molecule has 1 amide bonds. The number of amides is 1. The third kappa shape index (κ3) is 4.95. The number of carbonyl (C=O) groups excluding carboxylic acids is 1. The smallest absolute Gasteiger partial charge is 0.234 e. The van der Waals surface area contributed by atoms with Crippen molar-refractivity contribution in [3.8, 4) is 17.5 Å². The van der Waals surface area contributed by atoms with Crippen LogP contribution < -0.4 is 5.32 Å². The van der Waals surface area contributed by atoms with Crippen molar-refractivity contribution in [2.75, 3.05) is 11.1 Å². The van der Waals surface area contributed by atoms with Gasteiger partial charge in [0.2, 0.25) is 5.91 Å². The minimum atomic E-state index is -0.233. The fraction of sp³-hybridized carbons (Fsp3) is 0.348. The molecular formula is C23H23ClN6OS. The van der Waals surface area contributed by atoms with E-state index >= 15 is 0 Å². The lowest BCUT2D eigenvalue weighted by atomic mass is 9.85. The number of benzene rings is 1. The molecule has 2 heterocycles. The van der Waals surface area contributed by atoms with Crippen molar-refractivity contribution in [3.05, 3.63) is 53.3 Å². The average molecular weight is 467 g/mol. The summed E-state index contributed by atoms with van der Waals surface area (Å²) in [7, 11) is 0. The third-order valence-corrected chi connectivity index (χ3v) is 6.87. The summed E-state index contributed by atoms with van der Waals surface area (Å²) in [5, 5.41) is 22.1. The minimum Gasteiger partial charge on any atom is -0.324 e. The highest BCUT2D eigenvalue weighted by Gasteiger charge is 2.29. The molecule has 1 fully saturated rings. The fourth-order valence-corrected chi connectivity index (χ4v) is 5.04. The van der Waals surface area contributed by atoms with Gasteiger partial charge in [0.1, 0.15) is 6.07 Å². The van der Waals surface area contributed by atoms with Gasteiger partial charge in [0.25, 0.3) is 0 Å². The summed E-state index contributed by atoms with van der Waals surface area (Å²) in [6.45, 7) is 2.26. The maximum absolute atomic E-state index is 12.6. The van der Waals surface area contributed by atoms with Crippen LogP contribution in [0.4, 0.5) is 5.69 Å². The lowest BCUT2D eigenvalue weighted by molar-refractivity contribution is -0.113. The summed E-state index contributed by atoms with van der Waals surface area (Å²) in [6, 6.07) is 11.0. The molecule has 9 heteroatoms. The van der Waals surface area contributed by atoms with Crippen LogP contribution in [0.2, 0.25) is 5.02 Å². The molecule has 0 bridgehead atoms. The first-order valence-electron chi connectivity index (χ1n) is 10.5. The average Bonchev–Trinajstić information content (AvgIpc) is 3.22. The van der Waals surface area contributed by atoms with Gasteiger partial charge in [-0.05, 0) is 49.1 Å². The number of hydrogen-bond acceptors (Lipinski definition) is 6. The summed E-state index contributed by atoms with van der Waals surface area (Å²) in [6.07, 6.45) is 8.13. The predicted octanol–water partition coefficient (Wildman–Crippen LogP) is 5.35. The number of aromatic nitrogens is 4. The molecule has 1 aliphatic rings. The Morgan fingerprint density at radius 1 is 1.31 bits per heavy atom. The topological polar surface area (TPSA) is 96.5 Å². The Hall–Kier alpha value is -2.89. The number of pyridine rings is 1. The quantitative estimate of drug-likeness (QED) is 0.492. The van der Waals surface area contributed by atoms with Crippen molar-refractivity contribution in [1.29, 1.82) is 5.26 Å². The van der Waals surface area contributed by atoms with Gasteiger partial charge >= 0.3 is 0 Å². The van der Waals surface area contributed by atoms with E-state index in [-0.39, 0.29) is 17.7 Å². The molecule has 2 unspecified atom stereocenters. The predicted molar refractivity (Wildman–Crippen MR) is 125 cm³/mol. The first-order valence-corrected chi connectivity index (χ1v) is 11.9. The van der Waals surface area contributed by atoms with Gasteiger partial charge in [-0.15, -0.1) is 10.2 Å². The molecule has 1 saturated carbocycles. The van der Waals surface area contributed by atoms with Crippen molar-refractivity contribution >= 4 is 35.0 Å². The molecule has 2 aromatic heterocycles. The van der Waals surface area contributed by atoms with Crippen LogP contribution in [0.25, 0.3) is 11.4 Å². The Labute approximate surface area is 196 Å². The number of carbonyl (C=O) groups is 1. The van der Waals surface area contributed by atoms with Crippen molar-refractivity contribution < 1.29 is 4.79 Å². The molecule has 1 aliphatic carbocycles. The lowest BCUT2D eigenvalue weighted by Gasteiger charge is -2.31. The van der Waals surface area contributed by atoms with Crippen LogP contribution in [0.1, 0.15) is 44.2 Å². The van der Waals surface area contributed by atoms with Gasteiger partial charge in [0.05, 0.1) is 17.0 Å². The van der Waals surface area contributed by atoms with Crippen molar-refractivity contribution in [3.63, 3.8) is 0 Å². The number of anilines is 1. The fourth-order valence-electron chi connectivity index (χ4n) is 4.08. The highest BCUT2D eigenvalue weighted by atomic mass is 35.5. The van der Waals surface area contributed by atoms with Crippen LogP contribution in [0.5, 0.6) is 0 Å².